The quantitative estimate of drug-likeness (QED) is 0.389. The molecule has 1 unspecified atom stereocenters. The lowest BCUT2D eigenvalue weighted by atomic mass is 9.90. The van der Waals surface area contributed by atoms with E-state index in [2.05, 4.69) is 26.9 Å². The van der Waals surface area contributed by atoms with Gasteiger partial charge < -0.3 is 9.47 Å². The van der Waals surface area contributed by atoms with Crippen molar-refractivity contribution in [2.24, 2.45) is 11.0 Å². The maximum Gasteiger partial charge on any atom is 0.387 e. The molecule has 0 radical (unpaired) electrons. The Morgan fingerprint density at radius 3 is 2.72 bits per heavy atom. The Labute approximate surface area is 168 Å². The summed E-state index contributed by atoms with van der Waals surface area (Å²) in [6, 6.07) is 5.12. The fourth-order valence-electron chi connectivity index (χ4n) is 3.03. The van der Waals surface area contributed by atoms with Gasteiger partial charge in [0.15, 0.2) is 0 Å². The number of fused-ring (bicyclic) bond motifs is 1. The molecule has 5 nitrogen and oxygen atoms in total. The topological polar surface area (TPSA) is 59.9 Å². The second-order valence-electron chi connectivity index (χ2n) is 6.56. The molecule has 3 rings (SSSR count). The second-order valence-corrected chi connectivity index (χ2v) is 7.70. The molecule has 1 aliphatic carbocycles. The molecule has 0 bridgehead atoms. The maximum atomic E-state index is 12.6. The van der Waals surface area contributed by atoms with Gasteiger partial charge in [0.2, 0.25) is 0 Å². The fraction of sp³-hybridized carbons (Fsp3) is 0.368. The van der Waals surface area contributed by atoms with Crippen LogP contribution in [0.15, 0.2) is 29.4 Å². The molecule has 29 heavy (non-hydrogen) atoms. The molecule has 0 fully saturated rings. The van der Waals surface area contributed by atoms with Gasteiger partial charge in [-0.1, -0.05) is 6.92 Å². The van der Waals surface area contributed by atoms with Crippen LogP contribution in [0.1, 0.15) is 39.0 Å². The molecule has 0 saturated carbocycles. The van der Waals surface area contributed by atoms with Crippen LogP contribution in [0.2, 0.25) is 0 Å². The summed E-state index contributed by atoms with van der Waals surface area (Å²) in [5.74, 6) is -0.578. The van der Waals surface area contributed by atoms with E-state index in [1.54, 1.807) is 0 Å². The SMILES string of the molecule is CC1CCc2sc(C(=O)NN=Cc3ccc(OC(F)F)cc3OC(F)F)cc2C1. The highest BCUT2D eigenvalue weighted by Gasteiger charge is 2.20. The monoisotopic (exact) mass is 430 g/mol. The summed E-state index contributed by atoms with van der Waals surface area (Å²) in [6.45, 7) is -4.10. The van der Waals surface area contributed by atoms with Gasteiger partial charge in [-0.05, 0) is 48.9 Å². The lowest BCUT2D eigenvalue weighted by molar-refractivity contribution is -0.0543. The molecular formula is C19H18F4N2O3S. The van der Waals surface area contributed by atoms with Crippen LogP contribution in [-0.4, -0.2) is 25.3 Å². The molecule has 156 valence electrons. The molecule has 1 amide bonds. The summed E-state index contributed by atoms with van der Waals surface area (Å²) in [4.78, 5) is 14.0. The molecular weight excluding hydrogens is 412 g/mol. The van der Waals surface area contributed by atoms with E-state index in [1.165, 1.54) is 27.8 Å². The van der Waals surface area contributed by atoms with Gasteiger partial charge in [0.1, 0.15) is 11.5 Å². The molecule has 2 aromatic rings. The molecule has 0 aliphatic heterocycles. The number of nitrogens with one attached hydrogen (secondary N) is 1. The van der Waals surface area contributed by atoms with Gasteiger partial charge in [0, 0.05) is 16.5 Å². The third-order valence-electron chi connectivity index (χ3n) is 4.35. The minimum Gasteiger partial charge on any atom is -0.435 e. The highest BCUT2D eigenvalue weighted by atomic mass is 32.1. The highest BCUT2D eigenvalue weighted by molar-refractivity contribution is 7.14. The van der Waals surface area contributed by atoms with E-state index in [0.29, 0.717) is 10.8 Å². The van der Waals surface area contributed by atoms with Gasteiger partial charge >= 0.3 is 13.2 Å². The number of hydrazone groups is 1. The number of halogens is 4. The standard InChI is InChI=1S/C19H18F4N2O3S/c1-10-2-5-15-12(6-10)7-16(29-15)17(26)25-24-9-11-3-4-13(27-18(20)21)8-14(11)28-19(22)23/h3-4,7-10,18-19H,2,5-6H2,1H3,(H,25,26). The van der Waals surface area contributed by atoms with Crippen molar-refractivity contribution < 1.29 is 31.8 Å². The van der Waals surface area contributed by atoms with Crippen LogP contribution in [0.25, 0.3) is 0 Å². The first-order chi connectivity index (χ1) is 13.8. The molecule has 1 N–H and O–H groups in total. The number of ether oxygens (including phenoxy) is 2. The first-order valence-electron chi connectivity index (χ1n) is 8.80. The van der Waals surface area contributed by atoms with E-state index in [9.17, 15) is 22.4 Å². The predicted molar refractivity (Wildman–Crippen MR) is 100 cm³/mol. The minimum absolute atomic E-state index is 0.0616. The van der Waals surface area contributed by atoms with E-state index in [1.807, 2.05) is 6.07 Å². The first kappa shape index (κ1) is 21.1. The predicted octanol–water partition coefficient (Wildman–Crippen LogP) is 4.84. The number of hydrogen-bond acceptors (Lipinski definition) is 5. The fourth-order valence-corrected chi connectivity index (χ4v) is 4.13. The number of amides is 1. The van der Waals surface area contributed by atoms with E-state index in [4.69, 9.17) is 0 Å². The molecule has 10 heteroatoms. The smallest absolute Gasteiger partial charge is 0.387 e. The second kappa shape index (κ2) is 9.25. The number of alkyl halides is 4. The van der Waals surface area contributed by atoms with Crippen molar-refractivity contribution in [2.45, 2.75) is 39.4 Å². The molecule has 0 spiro atoms. The summed E-state index contributed by atoms with van der Waals surface area (Å²) in [5.41, 5.74) is 3.57. The zero-order chi connectivity index (χ0) is 21.0. The molecule has 1 aliphatic rings. The van der Waals surface area contributed by atoms with Gasteiger partial charge in [0.05, 0.1) is 11.1 Å². The number of nitrogens with zero attached hydrogens (tertiary/aromatic N) is 1. The van der Waals surface area contributed by atoms with Crippen molar-refractivity contribution in [1.82, 2.24) is 5.43 Å². The Morgan fingerprint density at radius 2 is 2.00 bits per heavy atom. The van der Waals surface area contributed by atoms with Crippen molar-refractivity contribution in [3.05, 3.63) is 45.1 Å². The summed E-state index contributed by atoms with van der Waals surface area (Å²) >= 11 is 1.41. The average Bonchev–Trinajstić information content (AvgIpc) is 3.05. The third-order valence-corrected chi connectivity index (χ3v) is 5.58. The summed E-state index contributed by atoms with van der Waals surface area (Å²) < 4.78 is 58.2. The van der Waals surface area contributed by atoms with E-state index >= 15 is 0 Å². The Kier molecular flexibility index (Phi) is 6.73. The number of carbonyl (C=O) groups excluding carboxylic acids is 1. The van der Waals surface area contributed by atoms with Gasteiger partial charge in [-0.2, -0.15) is 22.7 Å². The third kappa shape index (κ3) is 5.69. The van der Waals surface area contributed by atoms with Crippen LogP contribution in [0.5, 0.6) is 11.5 Å². The number of aryl methyl sites for hydroxylation is 1. The average molecular weight is 430 g/mol. The Morgan fingerprint density at radius 1 is 1.24 bits per heavy atom. The number of benzene rings is 1. The van der Waals surface area contributed by atoms with Crippen LogP contribution in [-0.2, 0) is 12.8 Å². The van der Waals surface area contributed by atoms with Gasteiger partial charge in [-0.15, -0.1) is 11.3 Å². The van der Waals surface area contributed by atoms with Crippen molar-refractivity contribution in [3.63, 3.8) is 0 Å². The Balaban J connectivity index is 1.69. The summed E-state index contributed by atoms with van der Waals surface area (Å²) in [5, 5.41) is 3.77. The van der Waals surface area contributed by atoms with Gasteiger partial charge in [-0.3, -0.25) is 4.79 Å². The number of thiophene rings is 1. The summed E-state index contributed by atoms with van der Waals surface area (Å²) in [6.07, 6.45) is 4.06. The van der Waals surface area contributed by atoms with Crippen LogP contribution < -0.4 is 14.9 Å². The number of hydrogen-bond donors (Lipinski definition) is 1. The zero-order valence-corrected chi connectivity index (χ0v) is 16.1. The molecule has 1 aromatic heterocycles. The van der Waals surface area contributed by atoms with Crippen molar-refractivity contribution in [3.8, 4) is 11.5 Å². The maximum absolute atomic E-state index is 12.6. The van der Waals surface area contributed by atoms with Crippen LogP contribution in [0, 0.1) is 5.92 Å². The minimum atomic E-state index is -3.17. The number of rotatable bonds is 7. The van der Waals surface area contributed by atoms with Crippen molar-refractivity contribution >= 4 is 23.5 Å². The highest BCUT2D eigenvalue weighted by Crippen LogP contribution is 2.32. The van der Waals surface area contributed by atoms with E-state index in [0.717, 1.165) is 37.6 Å². The first-order valence-corrected chi connectivity index (χ1v) is 9.62. The molecule has 1 atom stereocenters. The van der Waals surface area contributed by atoms with Gasteiger partial charge in [-0.25, -0.2) is 5.43 Å². The van der Waals surface area contributed by atoms with Crippen LogP contribution in [0.4, 0.5) is 17.6 Å². The van der Waals surface area contributed by atoms with Crippen molar-refractivity contribution in [1.29, 1.82) is 0 Å². The van der Waals surface area contributed by atoms with Gasteiger partial charge in [0.25, 0.3) is 5.91 Å². The van der Waals surface area contributed by atoms with E-state index in [-0.39, 0.29) is 11.3 Å². The Bertz CT molecular complexity index is 902. The van der Waals surface area contributed by atoms with Crippen molar-refractivity contribution in [2.75, 3.05) is 0 Å². The lowest BCUT2D eigenvalue weighted by Gasteiger charge is -2.16. The van der Waals surface area contributed by atoms with Crippen LogP contribution >= 0.6 is 11.3 Å². The number of carbonyl (C=O) groups is 1. The Hall–Kier alpha value is -2.62. The van der Waals surface area contributed by atoms with E-state index < -0.39 is 24.9 Å². The molecule has 1 heterocycles. The zero-order valence-electron chi connectivity index (χ0n) is 15.3. The molecule has 0 saturated heterocycles. The summed E-state index contributed by atoms with van der Waals surface area (Å²) in [7, 11) is 0. The molecule has 1 aromatic carbocycles. The lowest BCUT2D eigenvalue weighted by Crippen LogP contribution is -2.16. The normalized spacial score (nSPS) is 16.3. The largest absolute Gasteiger partial charge is 0.435 e. The van der Waals surface area contributed by atoms with Crippen LogP contribution in [0.3, 0.4) is 0 Å².